The van der Waals surface area contributed by atoms with Crippen molar-refractivity contribution in [2.75, 3.05) is 33.2 Å². The van der Waals surface area contributed by atoms with Crippen molar-refractivity contribution in [3.05, 3.63) is 42.0 Å². The second kappa shape index (κ2) is 7.91. The quantitative estimate of drug-likeness (QED) is 0.604. The lowest BCUT2D eigenvalue weighted by molar-refractivity contribution is -0.238. The predicted molar refractivity (Wildman–Crippen MR) is 85.6 cm³/mol. The van der Waals surface area contributed by atoms with E-state index in [-0.39, 0.29) is 12.1 Å². The van der Waals surface area contributed by atoms with E-state index in [0.29, 0.717) is 5.69 Å². The minimum Gasteiger partial charge on any atom is -0.465 e. The number of carbonyl (C=O) groups excluding carboxylic acids is 2. The topological polar surface area (TPSA) is 95.1 Å². The SMILES string of the molecule is COC(=O)c1ccccc1NC(=O)NCC1(OC)C=CC(OC)O1. The van der Waals surface area contributed by atoms with Crippen molar-refractivity contribution in [2.45, 2.75) is 12.1 Å². The van der Waals surface area contributed by atoms with Gasteiger partial charge in [0, 0.05) is 14.2 Å². The summed E-state index contributed by atoms with van der Waals surface area (Å²) in [6.45, 7) is 0.0616. The Bertz CT molecular complexity index is 633. The number of hydrogen-bond donors (Lipinski definition) is 2. The number of esters is 1. The first-order valence-electron chi connectivity index (χ1n) is 7.21. The highest BCUT2D eigenvalue weighted by atomic mass is 16.8. The Morgan fingerprint density at radius 2 is 2.00 bits per heavy atom. The monoisotopic (exact) mass is 336 g/mol. The molecular weight excluding hydrogens is 316 g/mol. The zero-order valence-electron chi connectivity index (χ0n) is 13.7. The fourth-order valence-electron chi connectivity index (χ4n) is 2.17. The van der Waals surface area contributed by atoms with Crippen LogP contribution >= 0.6 is 0 Å². The number of urea groups is 1. The van der Waals surface area contributed by atoms with Gasteiger partial charge in [-0.2, -0.15) is 0 Å². The fraction of sp³-hybridized carbons (Fsp3) is 0.375. The summed E-state index contributed by atoms with van der Waals surface area (Å²) in [6, 6.07) is 6.03. The zero-order valence-corrected chi connectivity index (χ0v) is 13.7. The van der Waals surface area contributed by atoms with Crippen LogP contribution in [0.15, 0.2) is 36.4 Å². The molecule has 0 aromatic heterocycles. The molecule has 2 atom stereocenters. The number of para-hydroxylation sites is 1. The number of hydrogen-bond acceptors (Lipinski definition) is 6. The van der Waals surface area contributed by atoms with Crippen molar-refractivity contribution in [1.29, 1.82) is 0 Å². The summed E-state index contributed by atoms with van der Waals surface area (Å²) >= 11 is 0. The van der Waals surface area contributed by atoms with Crippen molar-refractivity contribution >= 4 is 17.7 Å². The van der Waals surface area contributed by atoms with Crippen LogP contribution in [0.2, 0.25) is 0 Å². The van der Waals surface area contributed by atoms with Crippen LogP contribution in [-0.4, -0.2) is 52.0 Å². The number of nitrogens with one attached hydrogen (secondary N) is 2. The van der Waals surface area contributed by atoms with Crippen LogP contribution in [0.3, 0.4) is 0 Å². The molecule has 24 heavy (non-hydrogen) atoms. The smallest absolute Gasteiger partial charge is 0.339 e. The van der Waals surface area contributed by atoms with Crippen molar-refractivity contribution in [3.63, 3.8) is 0 Å². The van der Waals surface area contributed by atoms with E-state index < -0.39 is 24.1 Å². The summed E-state index contributed by atoms with van der Waals surface area (Å²) in [6.07, 6.45) is 2.83. The number of ether oxygens (including phenoxy) is 4. The van der Waals surface area contributed by atoms with E-state index in [1.807, 2.05) is 0 Å². The minimum atomic E-state index is -1.10. The molecule has 0 saturated carbocycles. The van der Waals surface area contributed by atoms with Gasteiger partial charge in [0.25, 0.3) is 0 Å². The third-order valence-electron chi connectivity index (χ3n) is 3.48. The minimum absolute atomic E-state index is 0.0616. The Balaban J connectivity index is 1.97. The van der Waals surface area contributed by atoms with Gasteiger partial charge in [-0.15, -0.1) is 0 Å². The van der Waals surface area contributed by atoms with Gasteiger partial charge in [-0.1, -0.05) is 12.1 Å². The lowest BCUT2D eigenvalue weighted by atomic mass is 10.2. The third kappa shape index (κ3) is 4.10. The maximum absolute atomic E-state index is 12.1. The lowest BCUT2D eigenvalue weighted by Gasteiger charge is -2.27. The Kier molecular flexibility index (Phi) is 5.91. The standard InChI is InChI=1S/C16H20N2O6/c1-21-13-8-9-16(23-3,24-13)10-17-15(20)18-12-7-5-4-6-11(12)14(19)22-2/h4-9,13H,10H2,1-3H3,(H2,17,18,20). The number of anilines is 1. The second-order valence-electron chi connectivity index (χ2n) is 4.94. The summed E-state index contributed by atoms with van der Waals surface area (Å²) in [4.78, 5) is 23.8. The van der Waals surface area contributed by atoms with Gasteiger partial charge < -0.3 is 29.6 Å². The molecule has 2 rings (SSSR count). The summed E-state index contributed by atoms with van der Waals surface area (Å²) in [5.74, 6) is -1.64. The van der Waals surface area contributed by atoms with E-state index in [1.165, 1.54) is 21.3 Å². The van der Waals surface area contributed by atoms with Gasteiger partial charge in [0.2, 0.25) is 5.79 Å². The molecule has 1 aliphatic rings. The highest BCUT2D eigenvalue weighted by molar-refractivity contribution is 6.00. The number of benzene rings is 1. The average molecular weight is 336 g/mol. The maximum atomic E-state index is 12.1. The summed E-state index contributed by atoms with van der Waals surface area (Å²) in [7, 11) is 4.25. The normalized spacial score (nSPS) is 22.2. The zero-order chi connectivity index (χ0) is 17.6. The van der Waals surface area contributed by atoms with Crippen molar-refractivity contribution in [2.24, 2.45) is 0 Å². The van der Waals surface area contributed by atoms with E-state index in [9.17, 15) is 9.59 Å². The molecule has 2 N–H and O–H groups in total. The Labute approximate surface area is 139 Å². The van der Waals surface area contributed by atoms with Gasteiger partial charge in [-0.05, 0) is 24.3 Å². The second-order valence-corrected chi connectivity index (χ2v) is 4.94. The maximum Gasteiger partial charge on any atom is 0.339 e. The number of carbonyl (C=O) groups is 2. The molecule has 1 aromatic rings. The number of rotatable bonds is 6. The highest BCUT2D eigenvalue weighted by Gasteiger charge is 2.36. The van der Waals surface area contributed by atoms with Crippen LogP contribution in [-0.2, 0) is 18.9 Å². The third-order valence-corrected chi connectivity index (χ3v) is 3.48. The lowest BCUT2D eigenvalue weighted by Crippen LogP contribution is -2.45. The Hall–Kier alpha value is -2.42. The van der Waals surface area contributed by atoms with Crippen LogP contribution < -0.4 is 10.6 Å². The van der Waals surface area contributed by atoms with Gasteiger partial charge in [0.05, 0.1) is 24.9 Å². The van der Waals surface area contributed by atoms with Gasteiger partial charge in [-0.25, -0.2) is 9.59 Å². The van der Waals surface area contributed by atoms with E-state index in [2.05, 4.69) is 15.4 Å². The van der Waals surface area contributed by atoms with Crippen molar-refractivity contribution in [3.8, 4) is 0 Å². The highest BCUT2D eigenvalue weighted by Crippen LogP contribution is 2.24. The molecule has 8 nitrogen and oxygen atoms in total. The summed E-state index contributed by atoms with van der Waals surface area (Å²) < 4.78 is 20.6. The van der Waals surface area contributed by atoms with E-state index in [1.54, 1.807) is 36.4 Å². The van der Waals surface area contributed by atoms with Crippen LogP contribution in [0.1, 0.15) is 10.4 Å². The van der Waals surface area contributed by atoms with E-state index in [0.717, 1.165) is 0 Å². The molecule has 130 valence electrons. The number of methoxy groups -OCH3 is 3. The Morgan fingerprint density at radius 1 is 1.25 bits per heavy atom. The molecule has 1 aliphatic heterocycles. The van der Waals surface area contributed by atoms with E-state index >= 15 is 0 Å². The molecule has 2 amide bonds. The molecule has 1 heterocycles. The van der Waals surface area contributed by atoms with Gasteiger partial charge in [0.1, 0.15) is 0 Å². The largest absolute Gasteiger partial charge is 0.465 e. The molecule has 0 bridgehead atoms. The van der Waals surface area contributed by atoms with Crippen LogP contribution in [0.25, 0.3) is 0 Å². The average Bonchev–Trinajstić information content (AvgIpc) is 3.04. The van der Waals surface area contributed by atoms with Crippen LogP contribution in [0.5, 0.6) is 0 Å². The van der Waals surface area contributed by atoms with Crippen LogP contribution in [0.4, 0.5) is 10.5 Å². The molecular formula is C16H20N2O6. The summed E-state index contributed by atoms with van der Waals surface area (Å²) in [5.41, 5.74) is 0.596. The van der Waals surface area contributed by atoms with Crippen molar-refractivity contribution in [1.82, 2.24) is 5.32 Å². The van der Waals surface area contributed by atoms with Crippen LogP contribution in [0, 0.1) is 0 Å². The van der Waals surface area contributed by atoms with Crippen molar-refractivity contribution < 1.29 is 28.5 Å². The van der Waals surface area contributed by atoms with E-state index in [4.69, 9.17) is 14.2 Å². The summed E-state index contributed by atoms with van der Waals surface area (Å²) in [5, 5.41) is 5.23. The van der Waals surface area contributed by atoms with Gasteiger partial charge in [0.15, 0.2) is 6.29 Å². The molecule has 0 aliphatic carbocycles. The van der Waals surface area contributed by atoms with Gasteiger partial charge in [-0.3, -0.25) is 0 Å². The molecule has 0 saturated heterocycles. The first-order valence-corrected chi connectivity index (χ1v) is 7.21. The molecule has 1 aromatic carbocycles. The predicted octanol–water partition coefficient (Wildman–Crippen LogP) is 1.50. The first kappa shape index (κ1) is 17.9. The fourth-order valence-corrected chi connectivity index (χ4v) is 2.17. The Morgan fingerprint density at radius 3 is 2.62 bits per heavy atom. The molecule has 0 fully saturated rings. The molecule has 0 spiro atoms. The molecule has 8 heteroatoms. The molecule has 2 unspecified atom stereocenters. The van der Waals surface area contributed by atoms with Gasteiger partial charge >= 0.3 is 12.0 Å². The first-order chi connectivity index (χ1) is 11.5. The molecule has 0 radical (unpaired) electrons. The number of amides is 2.